The fraction of sp³-hybridized carbons (Fsp3) is 0.389. The molecule has 24 heavy (non-hydrogen) atoms. The van der Waals surface area contributed by atoms with Crippen LogP contribution >= 0.6 is 0 Å². The van der Waals surface area contributed by atoms with Crippen molar-refractivity contribution < 1.29 is 14.6 Å². The highest BCUT2D eigenvalue weighted by atomic mass is 16.5. The summed E-state index contributed by atoms with van der Waals surface area (Å²) in [6.45, 7) is 4.03. The number of hydrogen-bond donors (Lipinski definition) is 1. The largest absolute Gasteiger partial charge is 0.507 e. The number of amides is 1. The Hall–Kier alpha value is -2.47. The van der Waals surface area contributed by atoms with Gasteiger partial charge in [0.2, 0.25) is 0 Å². The lowest BCUT2D eigenvalue weighted by Crippen LogP contribution is -2.41. The summed E-state index contributed by atoms with van der Waals surface area (Å²) in [5, 5.41) is 10.2. The highest BCUT2D eigenvalue weighted by Crippen LogP contribution is 2.39. The molecule has 1 fully saturated rings. The van der Waals surface area contributed by atoms with Gasteiger partial charge in [0.05, 0.1) is 29.9 Å². The standard InChI is InChI=1S/C18H19N3O3/c1-12-3-2-4-14(15(12)22)17(23)21-6-5-18(9-21)10-24-8-13-7-19-11-20-16(13)18/h2-4,7,11,22H,5-6,8-10H2,1H3/t18-/m0/s1. The third-order valence-electron chi connectivity index (χ3n) is 5.04. The second kappa shape index (κ2) is 5.56. The molecule has 0 aliphatic carbocycles. The minimum Gasteiger partial charge on any atom is -0.507 e. The lowest BCUT2D eigenvalue weighted by molar-refractivity contribution is 0.0483. The molecule has 6 heteroatoms. The Morgan fingerprint density at radius 2 is 2.29 bits per heavy atom. The second-order valence-corrected chi connectivity index (χ2v) is 6.62. The Bertz CT molecular complexity index is 808. The van der Waals surface area contributed by atoms with Crippen LogP contribution in [0.3, 0.4) is 0 Å². The molecule has 3 heterocycles. The molecule has 6 nitrogen and oxygen atoms in total. The van der Waals surface area contributed by atoms with Gasteiger partial charge in [-0.3, -0.25) is 4.79 Å². The van der Waals surface area contributed by atoms with Gasteiger partial charge in [-0.2, -0.15) is 0 Å². The average Bonchev–Trinajstić information content (AvgIpc) is 3.02. The zero-order valence-corrected chi connectivity index (χ0v) is 13.5. The molecule has 1 spiro atoms. The van der Waals surface area contributed by atoms with Crippen LogP contribution in [0.2, 0.25) is 0 Å². The Labute approximate surface area is 140 Å². The Morgan fingerprint density at radius 1 is 1.42 bits per heavy atom. The van der Waals surface area contributed by atoms with Gasteiger partial charge in [0, 0.05) is 24.8 Å². The number of benzene rings is 1. The number of rotatable bonds is 1. The molecule has 1 N–H and O–H groups in total. The molecule has 1 aromatic carbocycles. The van der Waals surface area contributed by atoms with Crippen molar-refractivity contribution >= 4 is 5.91 Å². The van der Waals surface area contributed by atoms with Gasteiger partial charge in [-0.1, -0.05) is 12.1 Å². The van der Waals surface area contributed by atoms with Crippen molar-refractivity contribution in [1.29, 1.82) is 0 Å². The molecule has 4 rings (SSSR count). The number of fused-ring (bicyclic) bond motifs is 2. The monoisotopic (exact) mass is 325 g/mol. The number of phenolic OH excluding ortho intramolecular Hbond substituents is 1. The molecule has 1 aromatic heterocycles. The Kier molecular flexibility index (Phi) is 3.49. The van der Waals surface area contributed by atoms with E-state index in [0.29, 0.717) is 37.4 Å². The molecule has 0 bridgehead atoms. The van der Waals surface area contributed by atoms with Crippen molar-refractivity contribution in [2.24, 2.45) is 0 Å². The van der Waals surface area contributed by atoms with E-state index in [1.54, 1.807) is 42.5 Å². The average molecular weight is 325 g/mol. The van der Waals surface area contributed by atoms with E-state index in [9.17, 15) is 9.90 Å². The third kappa shape index (κ3) is 2.26. The zero-order valence-electron chi connectivity index (χ0n) is 13.5. The van der Waals surface area contributed by atoms with Gasteiger partial charge in [0.15, 0.2) is 0 Å². The Balaban J connectivity index is 1.64. The van der Waals surface area contributed by atoms with Crippen LogP contribution < -0.4 is 0 Å². The molecule has 2 aliphatic heterocycles. The summed E-state index contributed by atoms with van der Waals surface area (Å²) in [5.41, 5.74) is 2.77. The lowest BCUT2D eigenvalue weighted by atomic mass is 9.81. The molecule has 0 unspecified atom stereocenters. The summed E-state index contributed by atoms with van der Waals surface area (Å²) < 4.78 is 5.74. The predicted octanol–water partition coefficient (Wildman–Crippen LogP) is 1.80. The van der Waals surface area contributed by atoms with Crippen LogP contribution in [0.5, 0.6) is 5.75 Å². The van der Waals surface area contributed by atoms with Gasteiger partial charge in [0.1, 0.15) is 12.1 Å². The first-order valence-electron chi connectivity index (χ1n) is 8.06. The van der Waals surface area contributed by atoms with Crippen LogP contribution in [0.4, 0.5) is 0 Å². The van der Waals surface area contributed by atoms with Gasteiger partial charge in [-0.25, -0.2) is 9.97 Å². The molecule has 1 atom stereocenters. The summed E-state index contributed by atoms with van der Waals surface area (Å²) in [6.07, 6.45) is 4.15. The van der Waals surface area contributed by atoms with Gasteiger partial charge < -0.3 is 14.7 Å². The maximum atomic E-state index is 12.9. The molecule has 124 valence electrons. The van der Waals surface area contributed by atoms with Crippen molar-refractivity contribution in [3.05, 3.63) is 53.1 Å². The SMILES string of the molecule is Cc1cccc(C(=O)N2CC[C@@]3(COCc4cncnc43)C2)c1O. The summed E-state index contributed by atoms with van der Waals surface area (Å²) in [4.78, 5) is 23.2. The van der Waals surface area contributed by atoms with E-state index in [-0.39, 0.29) is 17.1 Å². The summed E-state index contributed by atoms with van der Waals surface area (Å²) in [7, 11) is 0. The van der Waals surface area contributed by atoms with Crippen molar-refractivity contribution in [3.8, 4) is 5.75 Å². The normalized spacial score (nSPS) is 22.6. The molecule has 1 amide bonds. The summed E-state index contributed by atoms with van der Waals surface area (Å²) >= 11 is 0. The number of likely N-dealkylation sites (tertiary alicyclic amines) is 1. The fourth-order valence-electron chi connectivity index (χ4n) is 3.73. The van der Waals surface area contributed by atoms with Gasteiger partial charge in [-0.15, -0.1) is 0 Å². The fourth-order valence-corrected chi connectivity index (χ4v) is 3.73. The second-order valence-electron chi connectivity index (χ2n) is 6.62. The van der Waals surface area contributed by atoms with E-state index in [1.807, 2.05) is 0 Å². The molecular weight excluding hydrogens is 306 g/mol. The maximum absolute atomic E-state index is 12.9. The van der Waals surface area contributed by atoms with Crippen LogP contribution in [0.1, 0.15) is 33.6 Å². The smallest absolute Gasteiger partial charge is 0.257 e. The number of aromatic hydroxyl groups is 1. The zero-order chi connectivity index (χ0) is 16.7. The van der Waals surface area contributed by atoms with E-state index in [0.717, 1.165) is 17.7 Å². The van der Waals surface area contributed by atoms with Crippen molar-refractivity contribution in [1.82, 2.24) is 14.9 Å². The van der Waals surface area contributed by atoms with Gasteiger partial charge in [-0.05, 0) is 25.0 Å². The quantitative estimate of drug-likeness (QED) is 0.865. The number of aryl methyl sites for hydroxylation is 1. The minimum absolute atomic E-state index is 0.0612. The number of para-hydroxylation sites is 1. The van der Waals surface area contributed by atoms with Crippen molar-refractivity contribution in [2.75, 3.05) is 19.7 Å². The van der Waals surface area contributed by atoms with Crippen molar-refractivity contribution in [3.63, 3.8) is 0 Å². The highest BCUT2D eigenvalue weighted by Gasteiger charge is 2.46. The molecule has 0 radical (unpaired) electrons. The van der Waals surface area contributed by atoms with E-state index in [4.69, 9.17) is 4.74 Å². The number of carbonyl (C=O) groups is 1. The van der Waals surface area contributed by atoms with E-state index in [1.165, 1.54) is 0 Å². The molecule has 1 saturated heterocycles. The van der Waals surface area contributed by atoms with Gasteiger partial charge >= 0.3 is 0 Å². The van der Waals surface area contributed by atoms with Crippen LogP contribution in [-0.2, 0) is 16.8 Å². The number of carbonyl (C=O) groups excluding carboxylic acids is 1. The van der Waals surface area contributed by atoms with Crippen LogP contribution in [0, 0.1) is 6.92 Å². The number of aromatic nitrogens is 2. The van der Waals surface area contributed by atoms with Crippen molar-refractivity contribution in [2.45, 2.75) is 25.4 Å². The molecular formula is C18H19N3O3. The first-order chi connectivity index (χ1) is 11.6. The first kappa shape index (κ1) is 15.1. The summed E-state index contributed by atoms with van der Waals surface area (Å²) in [6, 6.07) is 5.25. The molecule has 0 saturated carbocycles. The number of hydrogen-bond acceptors (Lipinski definition) is 5. The summed E-state index contributed by atoms with van der Waals surface area (Å²) in [5.74, 6) is -0.0830. The van der Waals surface area contributed by atoms with Crippen LogP contribution in [0.15, 0.2) is 30.7 Å². The minimum atomic E-state index is -0.272. The topological polar surface area (TPSA) is 75.6 Å². The number of nitrogens with zero attached hydrogens (tertiary/aromatic N) is 3. The molecule has 2 aliphatic rings. The van der Waals surface area contributed by atoms with Crippen LogP contribution in [0.25, 0.3) is 0 Å². The highest BCUT2D eigenvalue weighted by molar-refractivity contribution is 5.97. The number of ether oxygens (including phenoxy) is 1. The number of phenols is 1. The first-order valence-corrected chi connectivity index (χ1v) is 8.06. The maximum Gasteiger partial charge on any atom is 0.257 e. The van der Waals surface area contributed by atoms with Crippen LogP contribution in [-0.4, -0.2) is 45.6 Å². The predicted molar refractivity (Wildman–Crippen MR) is 86.7 cm³/mol. The van der Waals surface area contributed by atoms with E-state index >= 15 is 0 Å². The van der Waals surface area contributed by atoms with E-state index in [2.05, 4.69) is 9.97 Å². The third-order valence-corrected chi connectivity index (χ3v) is 5.04. The van der Waals surface area contributed by atoms with Gasteiger partial charge in [0.25, 0.3) is 5.91 Å². The molecule has 2 aromatic rings. The Morgan fingerprint density at radius 3 is 3.17 bits per heavy atom. The lowest BCUT2D eigenvalue weighted by Gasteiger charge is -2.33. The van der Waals surface area contributed by atoms with E-state index < -0.39 is 0 Å².